The van der Waals surface area contributed by atoms with Gasteiger partial charge in [0.05, 0.1) is 5.39 Å². The van der Waals surface area contributed by atoms with Gasteiger partial charge >= 0.3 is 0 Å². The fourth-order valence-corrected chi connectivity index (χ4v) is 6.11. The molecule has 0 spiro atoms. The van der Waals surface area contributed by atoms with Gasteiger partial charge < -0.3 is 9.88 Å². The molecule has 5 nitrogen and oxygen atoms in total. The van der Waals surface area contributed by atoms with Crippen LogP contribution in [0.15, 0.2) is 4.79 Å². The van der Waals surface area contributed by atoms with Gasteiger partial charge in [-0.05, 0) is 49.0 Å². The quantitative estimate of drug-likeness (QED) is 0.804. The second-order valence-corrected chi connectivity index (χ2v) is 10.9. The van der Waals surface area contributed by atoms with Crippen LogP contribution in [0.2, 0.25) is 0 Å². The normalized spacial score (nSPS) is 20.5. The molecule has 29 heavy (non-hydrogen) atoms. The number of nitrogens with one attached hydrogen (secondary N) is 1. The van der Waals surface area contributed by atoms with E-state index in [2.05, 4.69) is 25.8 Å². The van der Waals surface area contributed by atoms with E-state index in [0.717, 1.165) is 55.4 Å². The van der Waals surface area contributed by atoms with Gasteiger partial charge in [-0.3, -0.25) is 9.59 Å². The van der Waals surface area contributed by atoms with Crippen molar-refractivity contribution in [3.63, 3.8) is 0 Å². The van der Waals surface area contributed by atoms with Crippen molar-refractivity contribution in [1.82, 2.24) is 14.9 Å². The fourth-order valence-electron chi connectivity index (χ4n) is 4.79. The maximum absolute atomic E-state index is 12.8. The topological polar surface area (TPSA) is 66.1 Å². The molecule has 0 aromatic carbocycles. The Morgan fingerprint density at radius 2 is 1.93 bits per heavy atom. The summed E-state index contributed by atoms with van der Waals surface area (Å²) >= 11 is 1.69. The molecule has 1 aliphatic carbocycles. The second-order valence-electron chi connectivity index (χ2n) is 9.80. The highest BCUT2D eigenvalue weighted by Gasteiger charge is 2.31. The van der Waals surface area contributed by atoms with E-state index >= 15 is 0 Å². The molecule has 2 aliphatic rings. The van der Waals surface area contributed by atoms with Gasteiger partial charge in [0.1, 0.15) is 10.7 Å². The molecule has 0 bridgehead atoms. The summed E-state index contributed by atoms with van der Waals surface area (Å²) in [7, 11) is 0. The first-order valence-corrected chi connectivity index (χ1v) is 12.0. The van der Waals surface area contributed by atoms with Gasteiger partial charge in [-0.2, -0.15) is 0 Å². The second kappa shape index (κ2) is 8.21. The van der Waals surface area contributed by atoms with Crippen LogP contribution in [0.1, 0.15) is 75.6 Å². The number of fused-ring (bicyclic) bond motifs is 3. The molecule has 6 heteroatoms. The van der Waals surface area contributed by atoms with Crippen LogP contribution in [-0.4, -0.2) is 33.9 Å². The number of nitrogens with zero attached hydrogens (tertiary/aromatic N) is 2. The van der Waals surface area contributed by atoms with Gasteiger partial charge in [0.25, 0.3) is 5.56 Å². The lowest BCUT2D eigenvalue weighted by molar-refractivity contribution is -0.131. The average Bonchev–Trinajstić information content (AvgIpc) is 2.84. The molecule has 1 amide bonds. The molecule has 1 aliphatic heterocycles. The molecule has 0 unspecified atom stereocenters. The lowest BCUT2D eigenvalue weighted by Crippen LogP contribution is -2.32. The maximum atomic E-state index is 12.8. The monoisotopic (exact) mass is 415 g/mol. The summed E-state index contributed by atoms with van der Waals surface area (Å²) in [5, 5.41) is 0.792. The number of thiophene rings is 1. The standard InChI is InChI=1S/C23H33N3O2S/c1-23(2,3)15-8-9-16-17(14-15)29-22-20(16)21(28)24-18(25-22)10-11-19(27)26-12-6-4-5-7-13-26/h15H,4-14H2,1-3H3,(H,24,25,28)/t15-/m0/s1. The lowest BCUT2D eigenvalue weighted by Gasteiger charge is -2.33. The number of carbonyl (C=O) groups is 1. The molecular weight excluding hydrogens is 382 g/mol. The predicted octanol–water partition coefficient (Wildman–Crippen LogP) is 4.47. The highest BCUT2D eigenvalue weighted by molar-refractivity contribution is 7.18. The molecule has 158 valence electrons. The largest absolute Gasteiger partial charge is 0.343 e. The number of amides is 1. The molecule has 0 radical (unpaired) electrons. The Morgan fingerprint density at radius 3 is 2.62 bits per heavy atom. The smallest absolute Gasteiger partial charge is 0.259 e. The van der Waals surface area contributed by atoms with Crippen LogP contribution >= 0.6 is 11.3 Å². The summed E-state index contributed by atoms with van der Waals surface area (Å²) in [4.78, 5) is 37.3. The van der Waals surface area contributed by atoms with Crippen molar-refractivity contribution >= 4 is 27.5 Å². The van der Waals surface area contributed by atoms with Crippen LogP contribution in [0.5, 0.6) is 0 Å². The zero-order valence-electron chi connectivity index (χ0n) is 18.0. The number of carbonyl (C=O) groups excluding carboxylic acids is 1. The minimum Gasteiger partial charge on any atom is -0.343 e. The molecule has 2 aromatic rings. The third-order valence-corrected chi connectivity index (χ3v) is 7.88. The van der Waals surface area contributed by atoms with Crippen LogP contribution in [-0.2, 0) is 24.1 Å². The summed E-state index contributed by atoms with van der Waals surface area (Å²) in [6, 6.07) is 0. The number of hydrogen-bond donors (Lipinski definition) is 1. The van der Waals surface area contributed by atoms with E-state index in [-0.39, 0.29) is 16.9 Å². The van der Waals surface area contributed by atoms with E-state index in [1.807, 2.05) is 4.90 Å². The number of hydrogen-bond acceptors (Lipinski definition) is 4. The maximum Gasteiger partial charge on any atom is 0.259 e. The Morgan fingerprint density at radius 1 is 1.21 bits per heavy atom. The molecule has 1 N–H and O–H groups in total. The van der Waals surface area contributed by atoms with Crippen LogP contribution in [0.25, 0.3) is 10.2 Å². The predicted molar refractivity (Wildman–Crippen MR) is 119 cm³/mol. The molecule has 1 fully saturated rings. The molecule has 2 aromatic heterocycles. The van der Waals surface area contributed by atoms with Gasteiger partial charge in [-0.25, -0.2) is 4.98 Å². The van der Waals surface area contributed by atoms with Gasteiger partial charge in [-0.15, -0.1) is 11.3 Å². The van der Waals surface area contributed by atoms with Crippen molar-refractivity contribution < 1.29 is 4.79 Å². The molecule has 1 saturated heterocycles. The van der Waals surface area contributed by atoms with Crippen LogP contribution in [0, 0.1) is 11.3 Å². The minimum atomic E-state index is -0.0288. The average molecular weight is 416 g/mol. The third kappa shape index (κ3) is 4.42. The molecule has 3 heterocycles. The number of likely N-dealkylation sites (tertiary alicyclic amines) is 1. The van der Waals surface area contributed by atoms with Gasteiger partial charge in [0, 0.05) is 30.8 Å². The molecule has 1 atom stereocenters. The number of rotatable bonds is 3. The molecular formula is C23H33N3O2S. The zero-order valence-corrected chi connectivity index (χ0v) is 18.8. The van der Waals surface area contributed by atoms with Crippen molar-refractivity contribution in [2.24, 2.45) is 11.3 Å². The van der Waals surface area contributed by atoms with Crippen molar-refractivity contribution in [3.05, 3.63) is 26.6 Å². The number of aryl methyl sites for hydroxylation is 2. The zero-order chi connectivity index (χ0) is 20.6. The van der Waals surface area contributed by atoms with Crippen LogP contribution < -0.4 is 5.56 Å². The van der Waals surface area contributed by atoms with E-state index in [0.29, 0.717) is 24.6 Å². The van der Waals surface area contributed by atoms with Gasteiger partial charge in [-0.1, -0.05) is 33.6 Å². The van der Waals surface area contributed by atoms with Gasteiger partial charge in [0.15, 0.2) is 0 Å². The van der Waals surface area contributed by atoms with Gasteiger partial charge in [0.2, 0.25) is 5.91 Å². The number of H-pyrrole nitrogens is 1. The SMILES string of the molecule is CC(C)(C)[C@H]1CCc2c(sc3nc(CCC(=O)N4CCCCCC4)[nH]c(=O)c23)C1. The first-order valence-electron chi connectivity index (χ1n) is 11.1. The summed E-state index contributed by atoms with van der Waals surface area (Å²) < 4.78 is 0. The van der Waals surface area contributed by atoms with E-state index in [1.165, 1.54) is 23.3 Å². The summed E-state index contributed by atoms with van der Waals surface area (Å²) in [6.45, 7) is 8.66. The number of aromatic nitrogens is 2. The highest BCUT2D eigenvalue weighted by atomic mass is 32.1. The van der Waals surface area contributed by atoms with E-state index in [1.54, 1.807) is 11.3 Å². The number of aromatic amines is 1. The first kappa shape index (κ1) is 20.6. The Bertz CT molecular complexity index is 945. The van der Waals surface area contributed by atoms with E-state index in [4.69, 9.17) is 4.98 Å². The van der Waals surface area contributed by atoms with E-state index < -0.39 is 0 Å². The van der Waals surface area contributed by atoms with Crippen molar-refractivity contribution in [2.75, 3.05) is 13.1 Å². The van der Waals surface area contributed by atoms with E-state index in [9.17, 15) is 9.59 Å². The Balaban J connectivity index is 1.51. The van der Waals surface area contributed by atoms with Crippen molar-refractivity contribution in [3.8, 4) is 0 Å². The minimum absolute atomic E-state index is 0.0288. The van der Waals surface area contributed by atoms with Crippen molar-refractivity contribution in [2.45, 2.75) is 78.6 Å². The van der Waals surface area contributed by atoms with Crippen LogP contribution in [0.3, 0.4) is 0 Å². The summed E-state index contributed by atoms with van der Waals surface area (Å²) in [6.07, 6.45) is 8.71. The highest BCUT2D eigenvalue weighted by Crippen LogP contribution is 2.41. The Kier molecular flexibility index (Phi) is 5.83. The van der Waals surface area contributed by atoms with Crippen molar-refractivity contribution in [1.29, 1.82) is 0 Å². The lowest BCUT2D eigenvalue weighted by atomic mass is 9.72. The molecule has 0 saturated carbocycles. The third-order valence-electron chi connectivity index (χ3n) is 6.73. The summed E-state index contributed by atoms with van der Waals surface area (Å²) in [5.74, 6) is 1.48. The molecule has 4 rings (SSSR count). The first-order chi connectivity index (χ1) is 13.8. The fraction of sp³-hybridized carbons (Fsp3) is 0.696. The summed E-state index contributed by atoms with van der Waals surface area (Å²) in [5.41, 5.74) is 1.47. The Labute approximate surface area is 176 Å². The Hall–Kier alpha value is -1.69. The van der Waals surface area contributed by atoms with Crippen LogP contribution in [0.4, 0.5) is 0 Å².